The molecule has 0 spiro atoms. The van der Waals surface area contributed by atoms with Crippen LogP contribution in [0.25, 0.3) is 99.4 Å². The fourth-order valence-corrected chi connectivity index (χ4v) is 7.00. The molecule has 0 fully saturated rings. The number of aromatic nitrogens is 4. The Kier molecular flexibility index (Phi) is 4.69. The van der Waals surface area contributed by atoms with E-state index in [4.69, 9.17) is 9.97 Å². The van der Waals surface area contributed by atoms with Crippen molar-refractivity contribution in [2.24, 2.45) is 0 Å². The first-order chi connectivity index (χ1) is 21.8. The van der Waals surface area contributed by atoms with E-state index < -0.39 is 0 Å². The van der Waals surface area contributed by atoms with Crippen molar-refractivity contribution in [3.8, 4) is 45.0 Å². The summed E-state index contributed by atoms with van der Waals surface area (Å²) < 4.78 is 0. The van der Waals surface area contributed by atoms with Gasteiger partial charge in [0.15, 0.2) is 0 Å². The van der Waals surface area contributed by atoms with Gasteiger partial charge in [0.25, 0.3) is 0 Å². The predicted molar refractivity (Wildman–Crippen MR) is 182 cm³/mol. The van der Waals surface area contributed by atoms with E-state index in [2.05, 4.69) is 143 Å². The minimum absolute atomic E-state index is 0.949. The third kappa shape index (κ3) is 3.39. The molecule has 8 aromatic rings. The molecule has 204 valence electrons. The molecular weight excluding hydrogens is 536 g/mol. The fourth-order valence-electron chi connectivity index (χ4n) is 7.00. The van der Waals surface area contributed by atoms with Crippen LogP contribution < -0.4 is 0 Å². The standard InChI is InChI=1S/C40H24N4/c1-2-10-24-18-32-31(17-23(24)9-1)39-21-37-29-15-7-5-13-27(29)35(42-37)19-33-25-11-3-4-12-26(25)34(41-33)20-36-28-14-6-8-16-30(28)38(43-36)22-40(32)44-39/h1-22,42-43H. The molecule has 10 rings (SSSR count). The van der Waals surface area contributed by atoms with Crippen molar-refractivity contribution in [3.63, 3.8) is 0 Å². The molecule has 0 unspecified atom stereocenters. The van der Waals surface area contributed by atoms with Gasteiger partial charge in [-0.25, -0.2) is 9.97 Å². The zero-order valence-corrected chi connectivity index (χ0v) is 23.6. The summed E-state index contributed by atoms with van der Waals surface area (Å²) in [6.45, 7) is 0. The maximum absolute atomic E-state index is 5.30. The molecule has 4 nitrogen and oxygen atoms in total. The Labute approximate surface area is 252 Å². The number of nitrogens with zero attached hydrogens (tertiary/aromatic N) is 2. The lowest BCUT2D eigenvalue weighted by atomic mass is 9.98. The van der Waals surface area contributed by atoms with Crippen molar-refractivity contribution in [1.29, 1.82) is 0 Å². The molecule has 4 heteroatoms. The number of nitrogens with one attached hydrogen (secondary N) is 2. The van der Waals surface area contributed by atoms with Crippen LogP contribution in [0.4, 0.5) is 0 Å². The van der Waals surface area contributed by atoms with Crippen molar-refractivity contribution in [3.05, 3.63) is 133 Å². The topological polar surface area (TPSA) is 57.4 Å². The van der Waals surface area contributed by atoms with Crippen LogP contribution in [-0.4, -0.2) is 19.9 Å². The highest BCUT2D eigenvalue weighted by Gasteiger charge is 2.20. The summed E-state index contributed by atoms with van der Waals surface area (Å²) in [6, 6.07) is 47.5. The third-order valence-corrected chi connectivity index (χ3v) is 9.08. The first-order valence-corrected chi connectivity index (χ1v) is 14.9. The van der Waals surface area contributed by atoms with Crippen molar-refractivity contribution in [1.82, 2.24) is 19.9 Å². The molecule has 0 aliphatic carbocycles. The van der Waals surface area contributed by atoms with Crippen molar-refractivity contribution >= 4 is 54.4 Å². The number of rotatable bonds is 0. The van der Waals surface area contributed by atoms with Gasteiger partial charge in [-0.1, -0.05) is 97.1 Å². The van der Waals surface area contributed by atoms with E-state index in [0.717, 1.165) is 88.6 Å². The van der Waals surface area contributed by atoms with E-state index in [9.17, 15) is 0 Å². The molecule has 3 aromatic heterocycles. The van der Waals surface area contributed by atoms with Crippen LogP contribution in [0.1, 0.15) is 0 Å². The molecule has 0 saturated carbocycles. The second kappa shape index (κ2) is 8.76. The number of benzene rings is 5. The van der Waals surface area contributed by atoms with Crippen molar-refractivity contribution < 1.29 is 0 Å². The molecule has 0 saturated heterocycles. The van der Waals surface area contributed by atoms with Gasteiger partial charge in [0.05, 0.1) is 22.8 Å². The second-order valence-electron chi connectivity index (χ2n) is 11.6. The Hall–Kier alpha value is -6.00. The minimum atomic E-state index is 0.949. The van der Waals surface area contributed by atoms with E-state index >= 15 is 0 Å². The quantitative estimate of drug-likeness (QED) is 0.194. The summed E-state index contributed by atoms with van der Waals surface area (Å²) >= 11 is 0. The molecular formula is C40H24N4. The lowest BCUT2D eigenvalue weighted by molar-refractivity contribution is 1.40. The molecule has 2 aliphatic rings. The number of aromatic amines is 2. The van der Waals surface area contributed by atoms with Crippen LogP contribution in [0.5, 0.6) is 0 Å². The normalized spacial score (nSPS) is 12.1. The second-order valence-corrected chi connectivity index (χ2v) is 11.6. The predicted octanol–water partition coefficient (Wildman–Crippen LogP) is 10.4. The third-order valence-electron chi connectivity index (χ3n) is 9.08. The molecule has 0 radical (unpaired) electrons. The number of fused-ring (bicyclic) bond motifs is 21. The maximum Gasteiger partial charge on any atom is 0.0737 e. The van der Waals surface area contributed by atoms with Crippen LogP contribution in [0.2, 0.25) is 0 Å². The summed E-state index contributed by atoms with van der Waals surface area (Å²) in [4.78, 5) is 18.0. The van der Waals surface area contributed by atoms with Crippen LogP contribution in [0.15, 0.2) is 133 Å². The summed E-state index contributed by atoms with van der Waals surface area (Å²) in [5.41, 5.74) is 12.5. The molecule has 5 aromatic carbocycles. The van der Waals surface area contributed by atoms with Gasteiger partial charge >= 0.3 is 0 Å². The highest BCUT2D eigenvalue weighted by atomic mass is 14.8. The zero-order valence-electron chi connectivity index (χ0n) is 23.6. The van der Waals surface area contributed by atoms with E-state index in [1.807, 2.05) is 0 Å². The van der Waals surface area contributed by atoms with Crippen molar-refractivity contribution in [2.75, 3.05) is 0 Å². The number of hydrogen-bond acceptors (Lipinski definition) is 2. The van der Waals surface area contributed by atoms with Gasteiger partial charge in [-0.2, -0.15) is 0 Å². The molecule has 2 N–H and O–H groups in total. The average molecular weight is 561 g/mol. The summed E-state index contributed by atoms with van der Waals surface area (Å²) in [5, 5.41) is 7.05. The lowest BCUT2D eigenvalue weighted by Gasteiger charge is -2.03. The van der Waals surface area contributed by atoms with Gasteiger partial charge in [-0.05, 0) is 47.2 Å². The van der Waals surface area contributed by atoms with Gasteiger partial charge < -0.3 is 9.97 Å². The SMILES string of the molecule is c1ccc2c(c1)-c1cc3[nH]c(cc4nc(cc5[nH]c(cc-2n1)c1ccccc51)-c1cc2ccccc2cc1-4)c1ccccc31. The Bertz CT molecular complexity index is 2490. The van der Waals surface area contributed by atoms with E-state index in [0.29, 0.717) is 0 Å². The Morgan fingerprint density at radius 1 is 0.318 bits per heavy atom. The Morgan fingerprint density at radius 3 is 1.02 bits per heavy atom. The van der Waals surface area contributed by atoms with Crippen LogP contribution in [0, 0.1) is 0 Å². The highest BCUT2D eigenvalue weighted by molar-refractivity contribution is 6.10. The minimum Gasteiger partial charge on any atom is -0.354 e. The average Bonchev–Trinajstić information content (AvgIpc) is 3.79. The number of hydrogen-bond donors (Lipinski definition) is 2. The van der Waals surface area contributed by atoms with Crippen LogP contribution in [-0.2, 0) is 0 Å². The van der Waals surface area contributed by atoms with Gasteiger partial charge in [0, 0.05) is 65.9 Å². The Balaban J connectivity index is 1.42. The Morgan fingerprint density at radius 2 is 0.636 bits per heavy atom. The number of H-pyrrole nitrogens is 2. The van der Waals surface area contributed by atoms with E-state index in [-0.39, 0.29) is 0 Å². The van der Waals surface area contributed by atoms with E-state index in [1.54, 1.807) is 0 Å². The summed E-state index contributed by atoms with van der Waals surface area (Å²) in [7, 11) is 0. The molecule has 0 atom stereocenters. The van der Waals surface area contributed by atoms with Gasteiger partial charge in [-0.15, -0.1) is 0 Å². The first-order valence-electron chi connectivity index (χ1n) is 14.9. The van der Waals surface area contributed by atoms with Gasteiger partial charge in [0.1, 0.15) is 0 Å². The largest absolute Gasteiger partial charge is 0.354 e. The monoisotopic (exact) mass is 560 g/mol. The van der Waals surface area contributed by atoms with Crippen molar-refractivity contribution in [2.45, 2.75) is 0 Å². The van der Waals surface area contributed by atoms with Crippen LogP contribution >= 0.6 is 0 Å². The summed E-state index contributed by atoms with van der Waals surface area (Å²) in [6.07, 6.45) is 0. The molecule has 2 aliphatic heterocycles. The molecule has 44 heavy (non-hydrogen) atoms. The van der Waals surface area contributed by atoms with Crippen LogP contribution in [0.3, 0.4) is 0 Å². The van der Waals surface area contributed by atoms with E-state index in [1.165, 1.54) is 10.8 Å². The first kappa shape index (κ1) is 23.6. The zero-order chi connectivity index (χ0) is 28.8. The van der Waals surface area contributed by atoms with Gasteiger partial charge in [-0.3, -0.25) is 0 Å². The highest BCUT2D eigenvalue weighted by Crippen LogP contribution is 2.41. The molecule has 0 amide bonds. The molecule has 5 heterocycles. The molecule has 8 bridgehead atoms. The van der Waals surface area contributed by atoms with Gasteiger partial charge in [0.2, 0.25) is 0 Å². The fraction of sp³-hybridized carbons (Fsp3) is 0. The lowest BCUT2D eigenvalue weighted by Crippen LogP contribution is -1.79. The maximum atomic E-state index is 5.30. The smallest absolute Gasteiger partial charge is 0.0737 e. The summed E-state index contributed by atoms with van der Waals surface area (Å²) in [5.74, 6) is 0.